The first-order valence-corrected chi connectivity index (χ1v) is 6.86. The molecule has 0 fully saturated rings. The Morgan fingerprint density at radius 1 is 1.21 bits per heavy atom. The molecule has 0 aliphatic rings. The molecule has 0 amide bonds. The molecule has 0 saturated carbocycles. The van der Waals surface area contributed by atoms with Crippen LogP contribution >= 0.6 is 0 Å². The minimum atomic E-state index is -0.421. The molecule has 0 spiro atoms. The molecule has 0 N–H and O–H groups in total. The second kappa shape index (κ2) is 6.63. The summed E-state index contributed by atoms with van der Waals surface area (Å²) in [5.41, 5.74) is 1.78. The maximum Gasteiger partial charge on any atom is 0.217 e. The molecule has 0 aromatic carbocycles. The lowest BCUT2D eigenvalue weighted by molar-refractivity contribution is -0.146. The number of ether oxygens (including phenoxy) is 2. The van der Waals surface area contributed by atoms with Crippen LogP contribution in [0.3, 0.4) is 0 Å². The van der Waals surface area contributed by atoms with E-state index in [2.05, 4.69) is 21.5 Å². The summed E-state index contributed by atoms with van der Waals surface area (Å²) in [7, 11) is 0. The molecular weight excluding hydrogens is 242 g/mol. The van der Waals surface area contributed by atoms with Crippen LogP contribution in [0.1, 0.15) is 39.3 Å². The number of rotatable bonds is 7. The Labute approximate surface area is 113 Å². The molecule has 0 radical (unpaired) electrons. The van der Waals surface area contributed by atoms with Gasteiger partial charge >= 0.3 is 0 Å². The Hall–Kier alpha value is -1.46. The van der Waals surface area contributed by atoms with Crippen LogP contribution in [-0.4, -0.2) is 27.7 Å². The van der Waals surface area contributed by atoms with E-state index in [1.54, 1.807) is 6.20 Å². The van der Waals surface area contributed by atoms with E-state index in [0.29, 0.717) is 13.2 Å². The molecule has 19 heavy (non-hydrogen) atoms. The summed E-state index contributed by atoms with van der Waals surface area (Å²) in [5, 5.41) is 0. The highest BCUT2D eigenvalue weighted by Crippen LogP contribution is 2.23. The summed E-state index contributed by atoms with van der Waals surface area (Å²) >= 11 is 0. The minimum absolute atomic E-state index is 0.421. The lowest BCUT2D eigenvalue weighted by atomic mass is 10.4. The molecule has 0 aliphatic heterocycles. The smallest absolute Gasteiger partial charge is 0.217 e. The maximum atomic E-state index is 5.65. The summed E-state index contributed by atoms with van der Waals surface area (Å²) < 4.78 is 13.4. The van der Waals surface area contributed by atoms with Crippen molar-refractivity contribution in [2.75, 3.05) is 13.2 Å². The standard InChI is InChI=1S/C14H21N3O2/c1-4-10-17-12-11(8-7-9-15-12)16-13(17)14(18-5-2)19-6-3/h7-9,14H,4-6,10H2,1-3H3. The fourth-order valence-corrected chi connectivity index (χ4v) is 2.10. The average Bonchev–Trinajstić information content (AvgIpc) is 2.78. The van der Waals surface area contributed by atoms with E-state index in [9.17, 15) is 0 Å². The van der Waals surface area contributed by atoms with Crippen molar-refractivity contribution in [3.8, 4) is 0 Å². The molecule has 0 atom stereocenters. The van der Waals surface area contributed by atoms with Crippen molar-refractivity contribution in [2.45, 2.75) is 40.0 Å². The highest BCUT2D eigenvalue weighted by molar-refractivity contribution is 5.71. The molecular formula is C14H21N3O2. The zero-order chi connectivity index (χ0) is 13.7. The molecule has 0 bridgehead atoms. The first kappa shape index (κ1) is 14.0. The molecule has 0 aliphatic carbocycles. The molecule has 2 aromatic heterocycles. The van der Waals surface area contributed by atoms with Crippen LogP contribution in [0.2, 0.25) is 0 Å². The second-order valence-electron chi connectivity index (χ2n) is 4.21. The Kier molecular flexibility index (Phi) is 4.87. The van der Waals surface area contributed by atoms with E-state index in [1.807, 2.05) is 26.0 Å². The zero-order valence-electron chi connectivity index (χ0n) is 11.8. The van der Waals surface area contributed by atoms with Gasteiger partial charge in [-0.15, -0.1) is 0 Å². The van der Waals surface area contributed by atoms with E-state index in [1.165, 1.54) is 0 Å². The van der Waals surface area contributed by atoms with Crippen molar-refractivity contribution >= 4 is 11.2 Å². The Morgan fingerprint density at radius 3 is 2.58 bits per heavy atom. The van der Waals surface area contributed by atoms with Crippen LogP contribution in [0.5, 0.6) is 0 Å². The molecule has 2 aromatic rings. The molecule has 2 rings (SSSR count). The number of hydrogen-bond donors (Lipinski definition) is 0. The minimum Gasteiger partial charge on any atom is -0.346 e. The Morgan fingerprint density at radius 2 is 1.95 bits per heavy atom. The Balaban J connectivity index is 2.46. The van der Waals surface area contributed by atoms with E-state index >= 15 is 0 Å². The number of aromatic nitrogens is 3. The number of nitrogens with zero attached hydrogens (tertiary/aromatic N) is 3. The van der Waals surface area contributed by atoms with Gasteiger partial charge in [-0.2, -0.15) is 0 Å². The third-order valence-electron chi connectivity index (χ3n) is 2.83. The first-order valence-electron chi connectivity index (χ1n) is 6.86. The van der Waals surface area contributed by atoms with Crippen molar-refractivity contribution in [1.82, 2.24) is 14.5 Å². The van der Waals surface area contributed by atoms with Gasteiger partial charge in [0.25, 0.3) is 0 Å². The van der Waals surface area contributed by atoms with Gasteiger partial charge < -0.3 is 14.0 Å². The van der Waals surface area contributed by atoms with Crippen LogP contribution in [0.15, 0.2) is 18.3 Å². The molecule has 2 heterocycles. The molecule has 0 saturated heterocycles. The van der Waals surface area contributed by atoms with E-state index < -0.39 is 6.29 Å². The van der Waals surface area contributed by atoms with Crippen LogP contribution in [0.25, 0.3) is 11.2 Å². The largest absolute Gasteiger partial charge is 0.346 e. The first-order chi connectivity index (χ1) is 9.31. The van der Waals surface area contributed by atoms with E-state index in [-0.39, 0.29) is 0 Å². The average molecular weight is 263 g/mol. The van der Waals surface area contributed by atoms with Crippen molar-refractivity contribution in [3.63, 3.8) is 0 Å². The van der Waals surface area contributed by atoms with Gasteiger partial charge in [-0.25, -0.2) is 9.97 Å². The van der Waals surface area contributed by atoms with Gasteiger partial charge in [-0.05, 0) is 32.4 Å². The van der Waals surface area contributed by atoms with Crippen LogP contribution in [0, 0.1) is 0 Å². The summed E-state index contributed by atoms with van der Waals surface area (Å²) in [6.07, 6.45) is 2.38. The third-order valence-corrected chi connectivity index (χ3v) is 2.83. The zero-order valence-corrected chi connectivity index (χ0v) is 11.8. The van der Waals surface area contributed by atoms with Gasteiger partial charge in [0.15, 0.2) is 11.5 Å². The number of hydrogen-bond acceptors (Lipinski definition) is 4. The monoisotopic (exact) mass is 263 g/mol. The van der Waals surface area contributed by atoms with Crippen molar-refractivity contribution in [1.29, 1.82) is 0 Å². The summed E-state index contributed by atoms with van der Waals surface area (Å²) in [5.74, 6) is 0.805. The lowest BCUT2D eigenvalue weighted by Gasteiger charge is -2.17. The fourth-order valence-electron chi connectivity index (χ4n) is 2.10. The van der Waals surface area contributed by atoms with Gasteiger partial charge in [-0.3, -0.25) is 0 Å². The normalized spacial score (nSPS) is 11.6. The lowest BCUT2D eigenvalue weighted by Crippen LogP contribution is -2.15. The van der Waals surface area contributed by atoms with Crippen molar-refractivity contribution in [3.05, 3.63) is 24.2 Å². The molecule has 5 nitrogen and oxygen atoms in total. The van der Waals surface area contributed by atoms with Crippen LogP contribution < -0.4 is 0 Å². The van der Waals surface area contributed by atoms with Gasteiger partial charge in [0, 0.05) is 26.0 Å². The quantitative estimate of drug-likeness (QED) is 0.721. The highest BCUT2D eigenvalue weighted by Gasteiger charge is 2.21. The van der Waals surface area contributed by atoms with Crippen LogP contribution in [-0.2, 0) is 16.0 Å². The van der Waals surface area contributed by atoms with Gasteiger partial charge in [0.1, 0.15) is 5.52 Å². The topological polar surface area (TPSA) is 49.2 Å². The SMILES string of the molecule is CCCn1c(C(OCC)OCC)nc2cccnc21. The van der Waals surface area contributed by atoms with Crippen molar-refractivity contribution in [2.24, 2.45) is 0 Å². The summed E-state index contributed by atoms with van der Waals surface area (Å²) in [6.45, 7) is 8.09. The fraction of sp³-hybridized carbons (Fsp3) is 0.571. The number of pyridine rings is 1. The van der Waals surface area contributed by atoms with Crippen molar-refractivity contribution < 1.29 is 9.47 Å². The van der Waals surface area contributed by atoms with Gasteiger partial charge in [0.05, 0.1) is 0 Å². The predicted octanol–water partition coefficient (Wildman–Crippen LogP) is 2.91. The maximum absolute atomic E-state index is 5.65. The Bertz CT molecular complexity index is 518. The summed E-state index contributed by atoms with van der Waals surface area (Å²) in [6, 6.07) is 3.86. The molecule has 5 heteroatoms. The van der Waals surface area contributed by atoms with Gasteiger partial charge in [0.2, 0.25) is 6.29 Å². The molecule has 104 valence electrons. The van der Waals surface area contributed by atoms with E-state index in [0.717, 1.165) is 30.0 Å². The van der Waals surface area contributed by atoms with Crippen LogP contribution in [0.4, 0.5) is 0 Å². The number of aryl methyl sites for hydroxylation is 1. The third kappa shape index (κ3) is 2.93. The highest BCUT2D eigenvalue weighted by atomic mass is 16.7. The summed E-state index contributed by atoms with van der Waals surface area (Å²) in [4.78, 5) is 9.03. The molecule has 0 unspecified atom stereocenters. The predicted molar refractivity (Wildman–Crippen MR) is 73.8 cm³/mol. The number of imidazole rings is 1. The van der Waals surface area contributed by atoms with Gasteiger partial charge in [-0.1, -0.05) is 6.92 Å². The van der Waals surface area contributed by atoms with E-state index in [4.69, 9.17) is 9.47 Å². The second-order valence-corrected chi connectivity index (χ2v) is 4.21. The number of fused-ring (bicyclic) bond motifs is 1.